The van der Waals surface area contributed by atoms with Crippen LogP contribution in [0.3, 0.4) is 0 Å². The Morgan fingerprint density at radius 3 is 2.71 bits per heavy atom. The molecule has 1 heterocycles. The first-order valence-electron chi connectivity index (χ1n) is 6.03. The van der Waals surface area contributed by atoms with Crippen LogP contribution in [-0.2, 0) is 6.42 Å². The third kappa shape index (κ3) is 2.41. The average Bonchev–Trinajstić information content (AvgIpc) is 2.66. The predicted molar refractivity (Wildman–Crippen MR) is 68.2 cm³/mol. The van der Waals surface area contributed by atoms with E-state index in [1.165, 1.54) is 5.57 Å². The Bertz CT molecular complexity index is 501. The number of ketones is 1. The maximum Gasteiger partial charge on any atom is 0.223 e. The van der Waals surface area contributed by atoms with Gasteiger partial charge in [0.2, 0.25) is 5.78 Å². The van der Waals surface area contributed by atoms with Crippen molar-refractivity contribution in [1.29, 1.82) is 0 Å². The van der Waals surface area contributed by atoms with Gasteiger partial charge >= 0.3 is 0 Å². The molecule has 0 bridgehead atoms. The number of hydrogen-bond acceptors (Lipinski definition) is 2. The molecule has 0 aliphatic heterocycles. The summed E-state index contributed by atoms with van der Waals surface area (Å²) in [5, 5.41) is 0. The van der Waals surface area contributed by atoms with E-state index in [0.717, 1.165) is 36.0 Å². The van der Waals surface area contributed by atoms with Crippen LogP contribution in [0.25, 0.3) is 0 Å². The second-order valence-corrected chi connectivity index (χ2v) is 4.74. The zero-order valence-corrected chi connectivity index (χ0v) is 10.7. The molecule has 0 N–H and O–H groups in total. The van der Waals surface area contributed by atoms with Crippen LogP contribution in [0, 0.1) is 6.92 Å². The fourth-order valence-corrected chi connectivity index (χ4v) is 2.08. The van der Waals surface area contributed by atoms with E-state index in [0.29, 0.717) is 5.76 Å². The van der Waals surface area contributed by atoms with Gasteiger partial charge in [0.15, 0.2) is 5.76 Å². The van der Waals surface area contributed by atoms with Gasteiger partial charge in [0.25, 0.3) is 0 Å². The first-order valence-corrected chi connectivity index (χ1v) is 6.03. The molecule has 0 atom stereocenters. The highest BCUT2D eigenvalue weighted by Gasteiger charge is 2.19. The lowest BCUT2D eigenvalue weighted by Gasteiger charge is -2.06. The topological polar surface area (TPSA) is 30.2 Å². The van der Waals surface area contributed by atoms with Crippen molar-refractivity contribution in [2.75, 3.05) is 0 Å². The molecule has 1 aromatic heterocycles. The summed E-state index contributed by atoms with van der Waals surface area (Å²) >= 11 is 0. The van der Waals surface area contributed by atoms with Crippen LogP contribution < -0.4 is 0 Å². The molecule has 0 amide bonds. The van der Waals surface area contributed by atoms with Crippen molar-refractivity contribution in [2.24, 2.45) is 0 Å². The molecule has 0 saturated heterocycles. The van der Waals surface area contributed by atoms with Crippen LogP contribution in [0.1, 0.15) is 48.4 Å². The van der Waals surface area contributed by atoms with Crippen LogP contribution in [0.15, 0.2) is 34.0 Å². The van der Waals surface area contributed by atoms with E-state index in [4.69, 9.17) is 4.42 Å². The Hall–Kier alpha value is -1.57. The van der Waals surface area contributed by atoms with Crippen molar-refractivity contribution in [3.63, 3.8) is 0 Å². The molecule has 0 spiro atoms. The van der Waals surface area contributed by atoms with Gasteiger partial charge in [0, 0.05) is 5.56 Å². The largest absolute Gasteiger partial charge is 0.460 e. The Labute approximate surface area is 102 Å². The molecule has 1 aliphatic rings. The van der Waals surface area contributed by atoms with E-state index < -0.39 is 0 Å². The van der Waals surface area contributed by atoms with Gasteiger partial charge in [-0.05, 0) is 51.2 Å². The molecule has 0 radical (unpaired) electrons. The number of carbonyl (C=O) groups is 1. The highest BCUT2D eigenvalue weighted by Crippen LogP contribution is 2.23. The van der Waals surface area contributed by atoms with Gasteiger partial charge in [-0.2, -0.15) is 0 Å². The molecule has 2 rings (SSSR count). The van der Waals surface area contributed by atoms with E-state index in [9.17, 15) is 4.79 Å². The maximum absolute atomic E-state index is 12.2. The number of fused-ring (bicyclic) bond motifs is 1. The van der Waals surface area contributed by atoms with Crippen molar-refractivity contribution < 1.29 is 9.21 Å². The zero-order valence-electron chi connectivity index (χ0n) is 10.7. The van der Waals surface area contributed by atoms with Crippen molar-refractivity contribution in [1.82, 2.24) is 0 Å². The highest BCUT2D eigenvalue weighted by atomic mass is 16.3. The lowest BCUT2D eigenvalue weighted by atomic mass is 9.98. The minimum Gasteiger partial charge on any atom is -0.460 e. The lowest BCUT2D eigenvalue weighted by molar-refractivity contribution is 0.100. The Kier molecular flexibility index (Phi) is 3.32. The standard InChI is InChI=1S/C15H18O2/c1-10-5-4-6-11(2)14(16)15-13(8-7-10)12(3)9-17-15/h6-7,9H,4-5,8H2,1-3H3/b10-7+,11-6-. The summed E-state index contributed by atoms with van der Waals surface area (Å²) in [6.45, 7) is 6.00. The monoisotopic (exact) mass is 230 g/mol. The van der Waals surface area contributed by atoms with E-state index >= 15 is 0 Å². The van der Waals surface area contributed by atoms with Gasteiger partial charge in [-0.15, -0.1) is 0 Å². The highest BCUT2D eigenvalue weighted by molar-refractivity contribution is 6.07. The first-order chi connectivity index (χ1) is 8.09. The van der Waals surface area contributed by atoms with Gasteiger partial charge in [-0.3, -0.25) is 4.79 Å². The van der Waals surface area contributed by atoms with Crippen molar-refractivity contribution in [3.05, 3.63) is 46.4 Å². The number of furan rings is 1. The number of carbonyl (C=O) groups excluding carboxylic acids is 1. The summed E-state index contributed by atoms with van der Waals surface area (Å²) in [5.74, 6) is 0.545. The van der Waals surface area contributed by atoms with Crippen LogP contribution in [0.2, 0.25) is 0 Å². The third-order valence-electron chi connectivity index (χ3n) is 3.31. The van der Waals surface area contributed by atoms with Crippen LogP contribution in [0.5, 0.6) is 0 Å². The minimum atomic E-state index is 0.0288. The summed E-state index contributed by atoms with van der Waals surface area (Å²) in [7, 11) is 0. The average molecular weight is 230 g/mol. The summed E-state index contributed by atoms with van der Waals surface area (Å²) in [4.78, 5) is 12.2. The number of allylic oxidation sites excluding steroid dienone is 4. The van der Waals surface area contributed by atoms with Crippen molar-refractivity contribution >= 4 is 5.78 Å². The second kappa shape index (κ2) is 4.74. The van der Waals surface area contributed by atoms with Crippen LogP contribution in [0.4, 0.5) is 0 Å². The molecule has 17 heavy (non-hydrogen) atoms. The fourth-order valence-electron chi connectivity index (χ4n) is 2.08. The maximum atomic E-state index is 12.2. The molecular formula is C15H18O2. The second-order valence-electron chi connectivity index (χ2n) is 4.74. The van der Waals surface area contributed by atoms with Gasteiger partial charge in [0.1, 0.15) is 0 Å². The van der Waals surface area contributed by atoms with Crippen LogP contribution >= 0.6 is 0 Å². The van der Waals surface area contributed by atoms with Crippen molar-refractivity contribution in [3.8, 4) is 0 Å². The van der Waals surface area contributed by atoms with E-state index in [2.05, 4.69) is 13.0 Å². The molecule has 0 aromatic carbocycles. The van der Waals surface area contributed by atoms with Crippen LogP contribution in [-0.4, -0.2) is 5.78 Å². The molecule has 0 fully saturated rings. The van der Waals surface area contributed by atoms with Gasteiger partial charge < -0.3 is 4.42 Å². The number of aryl methyl sites for hydroxylation is 1. The lowest BCUT2D eigenvalue weighted by Crippen LogP contribution is -2.04. The third-order valence-corrected chi connectivity index (χ3v) is 3.31. The molecule has 1 aliphatic carbocycles. The summed E-state index contributed by atoms with van der Waals surface area (Å²) in [6.07, 6.45) is 8.63. The quantitative estimate of drug-likeness (QED) is 0.630. The van der Waals surface area contributed by atoms with E-state index in [1.54, 1.807) is 6.26 Å². The molecule has 1 aromatic rings. The summed E-state index contributed by atoms with van der Waals surface area (Å²) in [6, 6.07) is 0. The zero-order chi connectivity index (χ0) is 12.4. The molecular weight excluding hydrogens is 212 g/mol. The molecule has 0 saturated carbocycles. The van der Waals surface area contributed by atoms with E-state index in [-0.39, 0.29) is 5.78 Å². The van der Waals surface area contributed by atoms with Gasteiger partial charge in [0.05, 0.1) is 6.26 Å². The van der Waals surface area contributed by atoms with Gasteiger partial charge in [-0.1, -0.05) is 17.7 Å². The molecule has 0 unspecified atom stereocenters. The Balaban J connectivity index is 2.49. The SMILES string of the molecule is C/C1=C/CC/C(C)=C/Cc2c(C)coc2C1=O. The van der Waals surface area contributed by atoms with Gasteiger partial charge in [-0.25, -0.2) is 0 Å². The van der Waals surface area contributed by atoms with E-state index in [1.807, 2.05) is 19.9 Å². The summed E-state index contributed by atoms with van der Waals surface area (Å²) < 4.78 is 5.42. The van der Waals surface area contributed by atoms with Crippen molar-refractivity contribution in [2.45, 2.75) is 40.0 Å². The molecule has 2 heteroatoms. The number of Topliss-reactive ketones (excluding diaryl/α,β-unsaturated/α-hetero) is 1. The molecule has 90 valence electrons. The number of hydrogen-bond donors (Lipinski definition) is 0. The summed E-state index contributed by atoms with van der Waals surface area (Å²) in [5.41, 5.74) is 4.25. The smallest absolute Gasteiger partial charge is 0.223 e. The number of rotatable bonds is 0. The normalized spacial score (nSPS) is 23.4. The molecule has 2 nitrogen and oxygen atoms in total. The predicted octanol–water partition coefficient (Wildman–Crippen LogP) is 4.00. The Morgan fingerprint density at radius 2 is 1.94 bits per heavy atom. The Morgan fingerprint density at radius 1 is 1.18 bits per heavy atom. The fraction of sp³-hybridized carbons (Fsp3) is 0.400. The first kappa shape index (κ1) is 11.9. The minimum absolute atomic E-state index is 0.0288.